The van der Waals surface area contributed by atoms with Gasteiger partial charge < -0.3 is 10.5 Å². The third-order valence-electron chi connectivity index (χ3n) is 2.34. The Balaban J connectivity index is 2.75. The fourth-order valence-electron chi connectivity index (χ4n) is 1.36. The van der Waals surface area contributed by atoms with E-state index in [2.05, 4.69) is 4.72 Å². The molecule has 0 bridgehead atoms. The first-order valence-corrected chi connectivity index (χ1v) is 7.95. The zero-order chi connectivity index (χ0) is 14.5. The van der Waals surface area contributed by atoms with Crippen LogP contribution in [0.1, 0.15) is 13.3 Å². The predicted molar refractivity (Wildman–Crippen MR) is 77.2 cm³/mol. The van der Waals surface area contributed by atoms with Gasteiger partial charge in [-0.2, -0.15) is 0 Å². The molecule has 0 fully saturated rings. The number of benzene rings is 1. The van der Waals surface area contributed by atoms with E-state index in [-0.39, 0.29) is 27.2 Å². The number of nitrogens with two attached hydrogens (primary N) is 1. The molecule has 1 rings (SSSR count). The molecule has 0 atom stereocenters. The molecule has 0 aromatic heterocycles. The average molecular weight is 327 g/mol. The van der Waals surface area contributed by atoms with Gasteiger partial charge in [-0.05, 0) is 25.5 Å². The molecule has 0 aliphatic rings. The van der Waals surface area contributed by atoms with Crippen LogP contribution in [0.15, 0.2) is 17.0 Å². The third kappa shape index (κ3) is 4.50. The Kier molecular flexibility index (Phi) is 6.35. The second-order valence-electron chi connectivity index (χ2n) is 3.72. The van der Waals surface area contributed by atoms with Gasteiger partial charge in [-0.25, -0.2) is 13.1 Å². The van der Waals surface area contributed by atoms with E-state index in [0.29, 0.717) is 19.6 Å². The number of halogens is 2. The Labute approximate surface area is 123 Å². The lowest BCUT2D eigenvalue weighted by molar-refractivity contribution is 0.146. The lowest BCUT2D eigenvalue weighted by Crippen LogP contribution is -2.26. The van der Waals surface area contributed by atoms with Crippen LogP contribution in [0.4, 0.5) is 5.69 Å². The van der Waals surface area contributed by atoms with Gasteiger partial charge in [0.15, 0.2) is 0 Å². The van der Waals surface area contributed by atoms with Gasteiger partial charge in [-0.1, -0.05) is 23.2 Å². The molecule has 19 heavy (non-hydrogen) atoms. The highest BCUT2D eigenvalue weighted by molar-refractivity contribution is 7.89. The second kappa shape index (κ2) is 7.31. The first-order chi connectivity index (χ1) is 8.90. The van der Waals surface area contributed by atoms with Crippen LogP contribution in [0.2, 0.25) is 10.0 Å². The summed E-state index contributed by atoms with van der Waals surface area (Å²) < 4.78 is 31.6. The maximum Gasteiger partial charge on any atom is 0.242 e. The normalized spacial score (nSPS) is 11.7. The molecule has 0 aliphatic carbocycles. The standard InChI is InChI=1S/C11H16Cl2N2O3S/c1-2-18-7-3-6-15-19(16,17)9-5-4-8(12)11(14)10(9)13/h4-5,15H,2-3,6-7,14H2,1H3. The van der Waals surface area contributed by atoms with Crippen molar-refractivity contribution in [3.05, 3.63) is 22.2 Å². The number of nitrogens with one attached hydrogen (secondary N) is 1. The van der Waals surface area contributed by atoms with Crippen molar-refractivity contribution in [1.82, 2.24) is 4.72 Å². The first-order valence-electron chi connectivity index (χ1n) is 5.71. The van der Waals surface area contributed by atoms with Crippen molar-refractivity contribution in [3.8, 4) is 0 Å². The molecule has 3 N–H and O–H groups in total. The number of hydrogen-bond donors (Lipinski definition) is 2. The maximum atomic E-state index is 12.0. The number of hydrogen-bond acceptors (Lipinski definition) is 4. The molecular formula is C11H16Cl2N2O3S. The highest BCUT2D eigenvalue weighted by atomic mass is 35.5. The topological polar surface area (TPSA) is 81.4 Å². The van der Waals surface area contributed by atoms with E-state index in [1.54, 1.807) is 0 Å². The van der Waals surface area contributed by atoms with Crippen LogP contribution >= 0.6 is 23.2 Å². The predicted octanol–water partition coefficient (Wildman–Crippen LogP) is 2.28. The van der Waals surface area contributed by atoms with Crippen molar-refractivity contribution in [2.45, 2.75) is 18.2 Å². The molecule has 8 heteroatoms. The van der Waals surface area contributed by atoms with Crippen LogP contribution in [0.5, 0.6) is 0 Å². The molecular weight excluding hydrogens is 311 g/mol. The molecule has 0 saturated carbocycles. The smallest absolute Gasteiger partial charge is 0.242 e. The third-order valence-corrected chi connectivity index (χ3v) is 4.69. The Bertz CT molecular complexity index is 535. The zero-order valence-electron chi connectivity index (χ0n) is 10.4. The summed E-state index contributed by atoms with van der Waals surface area (Å²) in [5.41, 5.74) is 5.65. The van der Waals surface area contributed by atoms with Crippen LogP contribution < -0.4 is 10.5 Å². The first kappa shape index (κ1) is 16.5. The van der Waals surface area contributed by atoms with Crippen molar-refractivity contribution in [1.29, 1.82) is 0 Å². The van der Waals surface area contributed by atoms with Crippen molar-refractivity contribution < 1.29 is 13.2 Å². The summed E-state index contributed by atoms with van der Waals surface area (Å²) in [6, 6.07) is 2.73. The summed E-state index contributed by atoms with van der Waals surface area (Å²) >= 11 is 11.6. The van der Waals surface area contributed by atoms with Gasteiger partial charge in [0.05, 0.1) is 15.7 Å². The number of nitrogen functional groups attached to an aromatic ring is 1. The van der Waals surface area contributed by atoms with E-state index in [4.69, 9.17) is 33.7 Å². The van der Waals surface area contributed by atoms with Gasteiger partial charge in [-0.3, -0.25) is 0 Å². The molecule has 108 valence electrons. The van der Waals surface area contributed by atoms with Crippen molar-refractivity contribution >= 4 is 38.9 Å². The minimum atomic E-state index is -3.69. The van der Waals surface area contributed by atoms with Crippen LogP contribution in [-0.2, 0) is 14.8 Å². The van der Waals surface area contributed by atoms with Crippen LogP contribution in [-0.4, -0.2) is 28.2 Å². The Morgan fingerprint density at radius 2 is 2.05 bits per heavy atom. The minimum Gasteiger partial charge on any atom is -0.396 e. The molecule has 1 aromatic carbocycles. The molecule has 5 nitrogen and oxygen atoms in total. The van der Waals surface area contributed by atoms with Crippen LogP contribution in [0.25, 0.3) is 0 Å². The van der Waals surface area contributed by atoms with Gasteiger partial charge in [0, 0.05) is 19.8 Å². The fraction of sp³-hybridized carbons (Fsp3) is 0.455. The van der Waals surface area contributed by atoms with Crippen LogP contribution in [0, 0.1) is 0 Å². The quantitative estimate of drug-likeness (QED) is 0.595. The average Bonchev–Trinajstić information content (AvgIpc) is 2.35. The van der Waals surface area contributed by atoms with E-state index in [0.717, 1.165) is 0 Å². The van der Waals surface area contributed by atoms with E-state index < -0.39 is 10.0 Å². The van der Waals surface area contributed by atoms with E-state index >= 15 is 0 Å². The molecule has 0 aliphatic heterocycles. The van der Waals surface area contributed by atoms with Gasteiger partial charge in [0.2, 0.25) is 10.0 Å². The van der Waals surface area contributed by atoms with Gasteiger partial charge in [0.25, 0.3) is 0 Å². The van der Waals surface area contributed by atoms with Crippen molar-refractivity contribution in [2.24, 2.45) is 0 Å². The molecule has 0 saturated heterocycles. The molecule has 0 amide bonds. The zero-order valence-corrected chi connectivity index (χ0v) is 12.8. The second-order valence-corrected chi connectivity index (χ2v) is 6.24. The van der Waals surface area contributed by atoms with Gasteiger partial charge >= 0.3 is 0 Å². The van der Waals surface area contributed by atoms with Crippen molar-refractivity contribution in [2.75, 3.05) is 25.5 Å². The summed E-state index contributed by atoms with van der Waals surface area (Å²) in [7, 11) is -3.69. The van der Waals surface area contributed by atoms with E-state index in [1.165, 1.54) is 12.1 Å². The number of ether oxygens (including phenoxy) is 1. The summed E-state index contributed by atoms with van der Waals surface area (Å²) in [5.74, 6) is 0. The summed E-state index contributed by atoms with van der Waals surface area (Å²) in [4.78, 5) is -0.0764. The largest absolute Gasteiger partial charge is 0.396 e. The molecule has 1 aromatic rings. The lowest BCUT2D eigenvalue weighted by atomic mass is 10.3. The Morgan fingerprint density at radius 1 is 1.37 bits per heavy atom. The molecule has 0 unspecified atom stereocenters. The number of rotatable bonds is 7. The van der Waals surface area contributed by atoms with Crippen LogP contribution in [0.3, 0.4) is 0 Å². The Hall–Kier alpha value is -0.530. The molecule has 0 spiro atoms. The summed E-state index contributed by atoms with van der Waals surface area (Å²) in [6.07, 6.45) is 0.577. The highest BCUT2D eigenvalue weighted by Gasteiger charge is 2.20. The fourth-order valence-corrected chi connectivity index (χ4v) is 3.20. The van der Waals surface area contributed by atoms with E-state index in [1.807, 2.05) is 6.92 Å². The highest BCUT2D eigenvalue weighted by Crippen LogP contribution is 2.32. The minimum absolute atomic E-state index is 0.0560. The molecule has 0 radical (unpaired) electrons. The van der Waals surface area contributed by atoms with Gasteiger partial charge in [-0.15, -0.1) is 0 Å². The Morgan fingerprint density at radius 3 is 2.68 bits per heavy atom. The summed E-state index contributed by atoms with van der Waals surface area (Å²) in [5, 5.41) is 0.158. The van der Waals surface area contributed by atoms with Crippen molar-refractivity contribution in [3.63, 3.8) is 0 Å². The lowest BCUT2D eigenvalue weighted by Gasteiger charge is -2.10. The number of anilines is 1. The van der Waals surface area contributed by atoms with E-state index in [9.17, 15) is 8.42 Å². The number of sulfonamides is 1. The molecule has 0 heterocycles. The van der Waals surface area contributed by atoms with Gasteiger partial charge in [0.1, 0.15) is 4.90 Å². The SMILES string of the molecule is CCOCCCNS(=O)(=O)c1ccc(Cl)c(N)c1Cl. The monoisotopic (exact) mass is 326 g/mol. The maximum absolute atomic E-state index is 12.0. The summed E-state index contributed by atoms with van der Waals surface area (Å²) in [6.45, 7) is 3.24.